The van der Waals surface area contributed by atoms with Gasteiger partial charge in [-0.05, 0) is 29.7 Å². The lowest BCUT2D eigenvalue weighted by atomic mass is 9.94. The predicted molar refractivity (Wildman–Crippen MR) is 142 cm³/mol. The SMILES string of the molecule is CO[C@@H](C(=O)N[C@H]1CSc2cccc(Oc3ccccc3)c2NC1=O)[C@H](O)C(O)C(O)C=CC(C)(C)C. The summed E-state index contributed by atoms with van der Waals surface area (Å²) < 4.78 is 11.1. The van der Waals surface area contributed by atoms with Gasteiger partial charge in [-0.25, -0.2) is 0 Å². The maximum atomic E-state index is 13.0. The van der Waals surface area contributed by atoms with Gasteiger partial charge in [-0.3, -0.25) is 9.59 Å². The topological polar surface area (TPSA) is 137 Å². The fraction of sp³-hybridized carbons (Fsp3) is 0.407. The van der Waals surface area contributed by atoms with E-state index in [1.807, 2.05) is 51.1 Å². The summed E-state index contributed by atoms with van der Waals surface area (Å²) in [4.78, 5) is 26.7. The van der Waals surface area contributed by atoms with Gasteiger partial charge in [-0.15, -0.1) is 11.8 Å². The maximum absolute atomic E-state index is 13.0. The summed E-state index contributed by atoms with van der Waals surface area (Å²) in [5.74, 6) is 0.0162. The molecule has 3 rings (SSSR count). The second kappa shape index (κ2) is 12.6. The molecule has 10 heteroatoms. The van der Waals surface area contributed by atoms with E-state index >= 15 is 0 Å². The molecular formula is C27H34N2O7S. The third-order valence-electron chi connectivity index (χ3n) is 5.56. The Bertz CT molecular complexity index is 1100. The number of hydrogen-bond donors (Lipinski definition) is 5. The molecule has 200 valence electrons. The van der Waals surface area contributed by atoms with Crippen LogP contribution in [-0.4, -0.2) is 70.5 Å². The number of ether oxygens (including phenoxy) is 2. The van der Waals surface area contributed by atoms with E-state index in [-0.39, 0.29) is 11.2 Å². The Kier molecular flexibility index (Phi) is 9.74. The van der Waals surface area contributed by atoms with Gasteiger partial charge in [0.25, 0.3) is 5.91 Å². The van der Waals surface area contributed by atoms with Crippen LogP contribution in [0.5, 0.6) is 11.5 Å². The van der Waals surface area contributed by atoms with Crippen molar-refractivity contribution >= 4 is 29.3 Å². The highest BCUT2D eigenvalue weighted by atomic mass is 32.2. The smallest absolute Gasteiger partial charge is 0.252 e. The molecule has 2 amide bonds. The number of thioether (sulfide) groups is 1. The van der Waals surface area contributed by atoms with Gasteiger partial charge in [0, 0.05) is 17.8 Å². The highest BCUT2D eigenvalue weighted by Gasteiger charge is 2.37. The highest BCUT2D eigenvalue weighted by molar-refractivity contribution is 7.99. The van der Waals surface area contributed by atoms with Crippen molar-refractivity contribution in [3.63, 3.8) is 0 Å². The lowest BCUT2D eigenvalue weighted by molar-refractivity contribution is -0.150. The molecule has 2 aromatic carbocycles. The van der Waals surface area contributed by atoms with Crippen molar-refractivity contribution in [2.75, 3.05) is 18.2 Å². The van der Waals surface area contributed by atoms with E-state index in [2.05, 4.69) is 10.6 Å². The van der Waals surface area contributed by atoms with Crippen LogP contribution in [0.2, 0.25) is 0 Å². The molecule has 0 aliphatic carbocycles. The number of anilines is 1. The minimum Gasteiger partial charge on any atom is -0.455 e. The van der Waals surface area contributed by atoms with Gasteiger partial charge in [0.2, 0.25) is 5.91 Å². The number of carbonyl (C=O) groups excluding carboxylic acids is 2. The van der Waals surface area contributed by atoms with E-state index in [0.29, 0.717) is 17.2 Å². The lowest BCUT2D eigenvalue weighted by Gasteiger charge is -2.28. The number of methoxy groups -OCH3 is 1. The molecule has 1 aliphatic rings. The summed E-state index contributed by atoms with van der Waals surface area (Å²) in [7, 11) is 1.20. The van der Waals surface area contributed by atoms with Crippen LogP contribution in [0, 0.1) is 5.41 Å². The molecule has 0 saturated carbocycles. The number of hydrogen-bond acceptors (Lipinski definition) is 8. The number of aliphatic hydroxyl groups is 3. The fourth-order valence-corrected chi connectivity index (χ4v) is 4.61. The third kappa shape index (κ3) is 7.80. The molecular weight excluding hydrogens is 496 g/mol. The highest BCUT2D eigenvalue weighted by Crippen LogP contribution is 2.39. The number of carbonyl (C=O) groups is 2. The van der Waals surface area contributed by atoms with Crippen molar-refractivity contribution in [2.45, 2.75) is 56.1 Å². The molecule has 1 aliphatic heterocycles. The number of para-hydroxylation sites is 2. The molecule has 2 aromatic rings. The van der Waals surface area contributed by atoms with E-state index in [4.69, 9.17) is 9.47 Å². The summed E-state index contributed by atoms with van der Waals surface area (Å²) in [6.07, 6.45) is -3.32. The lowest BCUT2D eigenvalue weighted by Crippen LogP contribution is -2.55. The molecule has 5 N–H and O–H groups in total. The summed E-state index contributed by atoms with van der Waals surface area (Å²) >= 11 is 1.36. The zero-order valence-electron chi connectivity index (χ0n) is 21.3. The monoisotopic (exact) mass is 530 g/mol. The van der Waals surface area contributed by atoms with Crippen molar-refractivity contribution in [1.82, 2.24) is 5.32 Å². The first-order chi connectivity index (χ1) is 17.5. The number of aliphatic hydroxyl groups excluding tert-OH is 3. The van der Waals surface area contributed by atoms with Gasteiger partial charge < -0.3 is 35.4 Å². The molecule has 0 bridgehead atoms. The van der Waals surface area contributed by atoms with Crippen LogP contribution in [0.3, 0.4) is 0 Å². The predicted octanol–water partition coefficient (Wildman–Crippen LogP) is 2.71. The van der Waals surface area contributed by atoms with Crippen LogP contribution in [-0.2, 0) is 14.3 Å². The molecule has 5 atom stereocenters. The van der Waals surface area contributed by atoms with Crippen LogP contribution in [0.1, 0.15) is 20.8 Å². The van der Waals surface area contributed by atoms with Gasteiger partial charge in [0.05, 0.1) is 5.69 Å². The second-order valence-electron chi connectivity index (χ2n) is 9.76. The van der Waals surface area contributed by atoms with E-state index in [0.717, 1.165) is 4.90 Å². The molecule has 9 nitrogen and oxygen atoms in total. The largest absolute Gasteiger partial charge is 0.455 e. The Morgan fingerprint density at radius 3 is 2.46 bits per heavy atom. The number of amides is 2. The molecule has 2 unspecified atom stereocenters. The van der Waals surface area contributed by atoms with Gasteiger partial charge in [0.1, 0.15) is 30.1 Å². The normalized spacial score (nSPS) is 19.2. The zero-order valence-corrected chi connectivity index (χ0v) is 22.1. The van der Waals surface area contributed by atoms with Crippen molar-refractivity contribution in [1.29, 1.82) is 0 Å². The van der Waals surface area contributed by atoms with Crippen LogP contribution in [0.4, 0.5) is 5.69 Å². The van der Waals surface area contributed by atoms with E-state index in [9.17, 15) is 24.9 Å². The van der Waals surface area contributed by atoms with Gasteiger partial charge in [0.15, 0.2) is 11.9 Å². The average molecular weight is 531 g/mol. The Morgan fingerprint density at radius 2 is 1.81 bits per heavy atom. The van der Waals surface area contributed by atoms with Gasteiger partial charge in [-0.1, -0.05) is 57.2 Å². The first-order valence-electron chi connectivity index (χ1n) is 11.9. The first kappa shape index (κ1) is 28.7. The Balaban J connectivity index is 1.69. The van der Waals surface area contributed by atoms with Crippen molar-refractivity contribution in [3.8, 4) is 11.5 Å². The minimum absolute atomic E-state index is 0.214. The summed E-state index contributed by atoms with van der Waals surface area (Å²) in [6.45, 7) is 5.74. The maximum Gasteiger partial charge on any atom is 0.252 e. The Hall–Kier alpha value is -2.89. The Morgan fingerprint density at radius 1 is 1.11 bits per heavy atom. The molecule has 37 heavy (non-hydrogen) atoms. The van der Waals surface area contributed by atoms with Crippen LogP contribution < -0.4 is 15.4 Å². The zero-order chi connectivity index (χ0) is 27.2. The number of nitrogens with one attached hydrogen (secondary N) is 2. The van der Waals surface area contributed by atoms with E-state index in [1.165, 1.54) is 24.9 Å². The second-order valence-corrected chi connectivity index (χ2v) is 10.8. The standard InChI is InChI=1S/C27H34N2O7S/c1-27(2,3)14-13-18(30)22(31)23(32)24(35-4)26(34)28-17-15-37-20-12-8-11-19(21(20)29-25(17)33)36-16-9-6-5-7-10-16/h5-14,17-18,22-24,30-32H,15H2,1-4H3,(H,28,34)(H,29,33)/t17-,18?,22?,23+,24+/m0/s1. The summed E-state index contributed by atoms with van der Waals surface area (Å²) in [5, 5.41) is 36.6. The summed E-state index contributed by atoms with van der Waals surface area (Å²) in [5.41, 5.74) is 0.239. The van der Waals surface area contributed by atoms with Crippen LogP contribution in [0.25, 0.3) is 0 Å². The molecule has 0 aromatic heterocycles. The first-order valence-corrected chi connectivity index (χ1v) is 12.8. The third-order valence-corrected chi connectivity index (χ3v) is 6.71. The quantitative estimate of drug-likeness (QED) is 0.312. The van der Waals surface area contributed by atoms with Crippen LogP contribution >= 0.6 is 11.8 Å². The minimum atomic E-state index is -1.74. The molecule has 0 spiro atoms. The molecule has 1 heterocycles. The van der Waals surface area contributed by atoms with E-state index < -0.39 is 42.3 Å². The number of fused-ring (bicyclic) bond motifs is 1. The average Bonchev–Trinajstić information content (AvgIpc) is 3.01. The van der Waals surface area contributed by atoms with Crippen molar-refractivity contribution < 1.29 is 34.4 Å². The van der Waals surface area contributed by atoms with E-state index in [1.54, 1.807) is 24.3 Å². The molecule has 0 fully saturated rings. The molecule has 0 saturated heterocycles. The number of benzene rings is 2. The van der Waals surface area contributed by atoms with Crippen molar-refractivity contribution in [3.05, 3.63) is 60.7 Å². The van der Waals surface area contributed by atoms with Crippen LogP contribution in [0.15, 0.2) is 65.6 Å². The Labute approximate surface area is 220 Å². The number of rotatable bonds is 9. The fourth-order valence-electron chi connectivity index (χ4n) is 3.56. The van der Waals surface area contributed by atoms with Crippen molar-refractivity contribution in [2.24, 2.45) is 5.41 Å². The molecule has 0 radical (unpaired) electrons. The van der Waals surface area contributed by atoms with Gasteiger partial charge in [-0.2, -0.15) is 0 Å². The van der Waals surface area contributed by atoms with Gasteiger partial charge >= 0.3 is 0 Å². The summed E-state index contributed by atoms with van der Waals surface area (Å²) in [6, 6.07) is 13.6. The number of allylic oxidation sites excluding steroid dienone is 1.